The summed E-state index contributed by atoms with van der Waals surface area (Å²) in [5, 5.41) is 13.5. The van der Waals surface area contributed by atoms with Crippen molar-refractivity contribution in [2.75, 3.05) is 0 Å². The van der Waals surface area contributed by atoms with Gasteiger partial charge >= 0.3 is 12.0 Å². The quantitative estimate of drug-likeness (QED) is 0.603. The Hall–Kier alpha value is -2.09. The molecule has 0 saturated carbocycles. The largest absolute Gasteiger partial charge is 0.480 e. The van der Waals surface area contributed by atoms with E-state index in [9.17, 15) is 14.4 Å². The second-order valence-electron chi connectivity index (χ2n) is 3.98. The molecular formula is C12H14BrN3O4. The van der Waals surface area contributed by atoms with E-state index in [0.717, 1.165) is 10.0 Å². The second kappa shape index (κ2) is 7.49. The van der Waals surface area contributed by atoms with Crippen molar-refractivity contribution < 1.29 is 19.5 Å². The summed E-state index contributed by atoms with van der Waals surface area (Å²) in [6.07, 6.45) is -0.461. The number of halogens is 1. The van der Waals surface area contributed by atoms with Crippen molar-refractivity contribution in [3.63, 3.8) is 0 Å². The lowest BCUT2D eigenvalue weighted by Crippen LogP contribution is -2.47. The summed E-state index contributed by atoms with van der Waals surface area (Å²) >= 11 is 3.33. The number of urea groups is 1. The summed E-state index contributed by atoms with van der Waals surface area (Å²) in [5.41, 5.74) is 5.75. The molecule has 3 amide bonds. The minimum atomic E-state index is -1.34. The molecule has 0 fully saturated rings. The van der Waals surface area contributed by atoms with E-state index in [2.05, 4.69) is 26.6 Å². The van der Waals surface area contributed by atoms with Gasteiger partial charge in [0.2, 0.25) is 5.91 Å². The third kappa shape index (κ3) is 5.27. The summed E-state index contributed by atoms with van der Waals surface area (Å²) in [4.78, 5) is 33.1. The number of carbonyl (C=O) groups is 3. The smallest absolute Gasteiger partial charge is 0.326 e. The van der Waals surface area contributed by atoms with Crippen LogP contribution in [0.25, 0.3) is 0 Å². The Kier molecular flexibility index (Phi) is 5.98. The Morgan fingerprint density at radius 3 is 2.50 bits per heavy atom. The summed E-state index contributed by atoms with van der Waals surface area (Å²) in [6, 6.07) is 5.25. The highest BCUT2D eigenvalue weighted by atomic mass is 79.9. The van der Waals surface area contributed by atoms with E-state index >= 15 is 0 Å². The fourth-order valence-corrected chi connectivity index (χ4v) is 1.85. The number of hydrogen-bond donors (Lipinski definition) is 4. The van der Waals surface area contributed by atoms with Crippen molar-refractivity contribution in [3.8, 4) is 0 Å². The first-order valence-corrected chi connectivity index (χ1v) is 6.48. The number of benzene rings is 1. The van der Waals surface area contributed by atoms with Crippen molar-refractivity contribution in [2.24, 2.45) is 5.73 Å². The topological polar surface area (TPSA) is 122 Å². The van der Waals surface area contributed by atoms with E-state index in [1.165, 1.54) is 0 Å². The van der Waals surface area contributed by atoms with Gasteiger partial charge in [-0.2, -0.15) is 0 Å². The normalized spacial score (nSPS) is 11.4. The van der Waals surface area contributed by atoms with Crippen LogP contribution < -0.4 is 16.4 Å². The molecule has 1 aromatic carbocycles. The predicted molar refractivity (Wildman–Crippen MR) is 74.7 cm³/mol. The van der Waals surface area contributed by atoms with Crippen LogP contribution in [0, 0.1) is 0 Å². The highest BCUT2D eigenvalue weighted by Gasteiger charge is 2.21. The van der Waals surface area contributed by atoms with Crippen molar-refractivity contribution in [2.45, 2.75) is 19.0 Å². The summed E-state index contributed by atoms with van der Waals surface area (Å²) in [6.45, 7) is 0.218. The van der Waals surface area contributed by atoms with Gasteiger partial charge in [-0.05, 0) is 11.6 Å². The van der Waals surface area contributed by atoms with Gasteiger partial charge in [0.25, 0.3) is 0 Å². The van der Waals surface area contributed by atoms with Crippen molar-refractivity contribution in [1.29, 1.82) is 0 Å². The molecule has 7 nitrogen and oxygen atoms in total. The molecule has 0 heterocycles. The summed E-state index contributed by atoms with van der Waals surface area (Å²) < 4.78 is 0.826. The maximum absolute atomic E-state index is 11.6. The molecule has 0 saturated heterocycles. The minimum Gasteiger partial charge on any atom is -0.480 e. The summed E-state index contributed by atoms with van der Waals surface area (Å²) in [7, 11) is 0. The van der Waals surface area contributed by atoms with E-state index in [1.807, 2.05) is 24.3 Å². The maximum Gasteiger partial charge on any atom is 0.326 e. The number of rotatable bonds is 6. The molecule has 0 radical (unpaired) electrons. The van der Waals surface area contributed by atoms with Gasteiger partial charge in [0.1, 0.15) is 6.04 Å². The molecule has 1 aromatic rings. The van der Waals surface area contributed by atoms with Gasteiger partial charge in [0, 0.05) is 11.0 Å². The molecule has 20 heavy (non-hydrogen) atoms. The van der Waals surface area contributed by atoms with E-state index < -0.39 is 30.4 Å². The number of primary amides is 1. The zero-order chi connectivity index (χ0) is 15.1. The van der Waals surface area contributed by atoms with Crippen LogP contribution in [-0.4, -0.2) is 29.1 Å². The SMILES string of the molecule is NC(=O)CC(NC(=O)NCc1ccccc1Br)C(=O)O. The van der Waals surface area contributed by atoms with Gasteiger partial charge in [-0.1, -0.05) is 34.1 Å². The van der Waals surface area contributed by atoms with Crippen molar-refractivity contribution in [3.05, 3.63) is 34.3 Å². The highest BCUT2D eigenvalue weighted by Crippen LogP contribution is 2.15. The molecule has 8 heteroatoms. The Morgan fingerprint density at radius 2 is 1.95 bits per heavy atom. The van der Waals surface area contributed by atoms with Gasteiger partial charge in [0.05, 0.1) is 6.42 Å². The predicted octanol–water partition coefficient (Wildman–Crippen LogP) is 0.577. The van der Waals surface area contributed by atoms with Crippen LogP contribution >= 0.6 is 15.9 Å². The van der Waals surface area contributed by atoms with E-state index in [-0.39, 0.29) is 6.54 Å². The number of aliphatic carboxylic acids is 1. The molecule has 0 bridgehead atoms. The summed E-state index contributed by atoms with van der Waals surface area (Å²) in [5.74, 6) is -2.12. The number of hydrogen-bond acceptors (Lipinski definition) is 3. The number of carboxylic acid groups (broad SMARTS) is 1. The van der Waals surface area contributed by atoms with Crippen LogP contribution in [0.1, 0.15) is 12.0 Å². The Bertz CT molecular complexity index is 521. The minimum absolute atomic E-state index is 0.218. The third-order valence-electron chi connectivity index (χ3n) is 2.41. The van der Waals surface area contributed by atoms with Crippen LogP contribution in [0.3, 0.4) is 0 Å². The first-order valence-electron chi connectivity index (χ1n) is 5.69. The fourth-order valence-electron chi connectivity index (χ4n) is 1.43. The molecule has 5 N–H and O–H groups in total. The number of nitrogens with two attached hydrogens (primary N) is 1. The molecular weight excluding hydrogens is 330 g/mol. The van der Waals surface area contributed by atoms with E-state index in [1.54, 1.807) is 0 Å². The number of carbonyl (C=O) groups excluding carboxylic acids is 2. The fraction of sp³-hybridized carbons (Fsp3) is 0.250. The van der Waals surface area contributed by atoms with Gasteiger partial charge in [0.15, 0.2) is 0 Å². The van der Waals surface area contributed by atoms with Crippen LogP contribution in [0.15, 0.2) is 28.7 Å². The van der Waals surface area contributed by atoms with Crippen LogP contribution in [0.5, 0.6) is 0 Å². The standard InChI is InChI=1S/C12H14BrN3O4/c13-8-4-2-1-3-7(8)6-15-12(20)16-9(11(18)19)5-10(14)17/h1-4,9H,5-6H2,(H2,14,17)(H,18,19)(H2,15,16,20). The Balaban J connectivity index is 2.52. The van der Waals surface area contributed by atoms with E-state index in [0.29, 0.717) is 0 Å². The zero-order valence-corrected chi connectivity index (χ0v) is 12.0. The lowest BCUT2D eigenvalue weighted by atomic mass is 10.2. The lowest BCUT2D eigenvalue weighted by molar-refractivity contribution is -0.140. The molecule has 1 rings (SSSR count). The molecule has 108 valence electrons. The zero-order valence-electron chi connectivity index (χ0n) is 10.4. The Labute approximate surface area is 123 Å². The van der Waals surface area contributed by atoms with E-state index in [4.69, 9.17) is 10.8 Å². The monoisotopic (exact) mass is 343 g/mol. The molecule has 0 aliphatic rings. The lowest BCUT2D eigenvalue weighted by Gasteiger charge is -2.14. The third-order valence-corrected chi connectivity index (χ3v) is 3.18. The van der Waals surface area contributed by atoms with Crippen LogP contribution in [0.4, 0.5) is 4.79 Å². The van der Waals surface area contributed by atoms with Gasteiger partial charge in [-0.15, -0.1) is 0 Å². The first kappa shape index (κ1) is 16.0. The van der Waals surface area contributed by atoms with Gasteiger partial charge in [-0.25, -0.2) is 9.59 Å². The molecule has 0 aliphatic heterocycles. The molecule has 0 aromatic heterocycles. The average molecular weight is 344 g/mol. The number of carboxylic acids is 1. The molecule has 1 unspecified atom stereocenters. The molecule has 0 aliphatic carbocycles. The number of amides is 3. The van der Waals surface area contributed by atoms with Crippen LogP contribution in [0.2, 0.25) is 0 Å². The maximum atomic E-state index is 11.6. The first-order chi connectivity index (χ1) is 9.40. The average Bonchev–Trinajstić information content (AvgIpc) is 2.36. The van der Waals surface area contributed by atoms with Gasteiger partial charge in [-0.3, -0.25) is 4.79 Å². The molecule has 1 atom stereocenters. The van der Waals surface area contributed by atoms with Crippen molar-refractivity contribution in [1.82, 2.24) is 10.6 Å². The van der Waals surface area contributed by atoms with Crippen molar-refractivity contribution >= 4 is 33.8 Å². The highest BCUT2D eigenvalue weighted by molar-refractivity contribution is 9.10. The van der Waals surface area contributed by atoms with Gasteiger partial charge < -0.3 is 21.5 Å². The van der Waals surface area contributed by atoms with Crippen LogP contribution in [-0.2, 0) is 16.1 Å². The second-order valence-corrected chi connectivity index (χ2v) is 4.83. The molecule has 0 spiro atoms. The Morgan fingerprint density at radius 1 is 1.30 bits per heavy atom. The number of nitrogens with one attached hydrogen (secondary N) is 2.